The monoisotopic (exact) mass is 1050 g/mol. The molecule has 6 atom stereocenters. The summed E-state index contributed by atoms with van der Waals surface area (Å²) in [6, 6.07) is 0. The maximum atomic E-state index is 13.2. The van der Waals surface area contributed by atoms with Gasteiger partial charge in [0.1, 0.15) is 18.8 Å². The SMILES string of the molecule is CC/C=C\C/C=C\C/C=C\C/C=C\C/C=C\CCCC(=O)OCC(COC1OC(C(=O)O)C(O)C(O)C1OC(=O)CCCCCCCCCCCCC)OC(=O)CCCCCCCCC/C=C\CCCCCCCC. The van der Waals surface area contributed by atoms with E-state index >= 15 is 0 Å². The molecule has 0 radical (unpaired) electrons. The number of unbranched alkanes of at least 4 members (excludes halogenated alkanes) is 24. The molecule has 1 fully saturated rings. The molecule has 3 N–H and O–H groups in total. The number of aliphatic hydroxyl groups is 2. The molecule has 0 spiro atoms. The van der Waals surface area contributed by atoms with Crippen LogP contribution in [-0.4, -0.2) is 89.2 Å². The fourth-order valence-corrected chi connectivity index (χ4v) is 8.69. The number of esters is 3. The highest BCUT2D eigenvalue weighted by molar-refractivity contribution is 5.74. The minimum absolute atomic E-state index is 0.0552. The number of ether oxygens (including phenoxy) is 5. The summed E-state index contributed by atoms with van der Waals surface area (Å²) in [5.41, 5.74) is 0. The minimum Gasteiger partial charge on any atom is -0.479 e. The van der Waals surface area contributed by atoms with Gasteiger partial charge in [0.05, 0.1) is 6.61 Å². The van der Waals surface area contributed by atoms with Gasteiger partial charge >= 0.3 is 23.9 Å². The molecular formula is C63H106O12. The van der Waals surface area contributed by atoms with E-state index in [-0.39, 0.29) is 25.9 Å². The van der Waals surface area contributed by atoms with Crippen molar-refractivity contribution in [1.82, 2.24) is 0 Å². The fourth-order valence-electron chi connectivity index (χ4n) is 8.69. The van der Waals surface area contributed by atoms with E-state index in [9.17, 15) is 34.5 Å². The Balaban J connectivity index is 2.72. The quantitative estimate of drug-likeness (QED) is 0.0228. The van der Waals surface area contributed by atoms with Gasteiger partial charge in [-0.15, -0.1) is 0 Å². The zero-order chi connectivity index (χ0) is 54.7. The van der Waals surface area contributed by atoms with Crippen LogP contribution in [0.1, 0.15) is 252 Å². The molecular weight excluding hydrogens is 949 g/mol. The normalized spacial score (nSPS) is 18.7. The zero-order valence-electron chi connectivity index (χ0n) is 47.3. The second-order valence-electron chi connectivity index (χ2n) is 20.3. The molecule has 0 aliphatic carbocycles. The van der Waals surface area contributed by atoms with Crippen LogP contribution in [0.2, 0.25) is 0 Å². The topological polar surface area (TPSA) is 175 Å². The molecule has 0 amide bonds. The Bertz CT molecular complexity index is 1580. The molecule has 0 aromatic rings. The smallest absolute Gasteiger partial charge is 0.335 e. The van der Waals surface area contributed by atoms with E-state index < -0.39 is 67.3 Å². The van der Waals surface area contributed by atoms with Crippen LogP contribution >= 0.6 is 0 Å². The Labute approximate surface area is 455 Å². The van der Waals surface area contributed by atoms with Crippen LogP contribution in [0.4, 0.5) is 0 Å². The molecule has 1 heterocycles. The Morgan fingerprint density at radius 1 is 0.453 bits per heavy atom. The average Bonchev–Trinajstić information content (AvgIpc) is 3.39. The first-order valence-electron chi connectivity index (χ1n) is 29.9. The van der Waals surface area contributed by atoms with Crippen molar-refractivity contribution >= 4 is 23.9 Å². The molecule has 1 aliphatic rings. The number of aliphatic carboxylic acids is 1. The molecule has 12 heteroatoms. The Morgan fingerprint density at radius 2 is 0.853 bits per heavy atom. The first-order chi connectivity index (χ1) is 36.6. The van der Waals surface area contributed by atoms with Crippen LogP contribution in [0.5, 0.6) is 0 Å². The van der Waals surface area contributed by atoms with Crippen molar-refractivity contribution in [3.05, 3.63) is 72.9 Å². The summed E-state index contributed by atoms with van der Waals surface area (Å²) in [5.74, 6) is -3.20. The Kier molecular flexibility index (Phi) is 47.0. The standard InChI is InChI=1S/C63H106O12/c1-4-7-10-13-16-19-22-24-26-28-30-32-35-37-40-43-46-49-55(64)71-52-54(73-56(65)50-47-44-41-39-36-33-31-29-27-25-23-20-17-14-11-8-5-2)53-72-63-61(59(68)58(67)60(75-63)62(69)70)74-57(66)51-48-45-42-38-34-21-18-15-12-9-6-3/h7,10,16,19,24-27,30,32,37,40,54,58-61,63,67-68H,4-6,8-9,11-15,17-18,20-23,28-29,31,33-36,38-39,41-53H2,1-3H3,(H,69,70)/b10-7-,19-16-,26-24-,27-25-,32-30-,40-37-. The van der Waals surface area contributed by atoms with Crippen molar-refractivity contribution in [3.8, 4) is 0 Å². The lowest BCUT2D eigenvalue weighted by molar-refractivity contribution is -0.301. The largest absolute Gasteiger partial charge is 0.479 e. The summed E-state index contributed by atoms with van der Waals surface area (Å²) in [4.78, 5) is 51.1. The number of hydrogen-bond donors (Lipinski definition) is 3. The van der Waals surface area contributed by atoms with Crippen LogP contribution in [0.15, 0.2) is 72.9 Å². The number of hydrogen-bond acceptors (Lipinski definition) is 11. The lowest BCUT2D eigenvalue weighted by Crippen LogP contribution is -2.61. The predicted octanol–water partition coefficient (Wildman–Crippen LogP) is 15.3. The van der Waals surface area contributed by atoms with Gasteiger partial charge < -0.3 is 39.0 Å². The Hall–Kier alpha value is -3.84. The highest BCUT2D eigenvalue weighted by Gasteiger charge is 2.50. The predicted molar refractivity (Wildman–Crippen MR) is 303 cm³/mol. The maximum Gasteiger partial charge on any atom is 0.335 e. The molecule has 0 bridgehead atoms. The van der Waals surface area contributed by atoms with Crippen molar-refractivity contribution in [3.63, 3.8) is 0 Å². The van der Waals surface area contributed by atoms with Gasteiger partial charge in [-0.2, -0.15) is 0 Å². The van der Waals surface area contributed by atoms with Crippen LogP contribution in [0, 0.1) is 0 Å². The van der Waals surface area contributed by atoms with Gasteiger partial charge in [0.25, 0.3) is 0 Å². The first kappa shape index (κ1) is 69.2. The number of aliphatic hydroxyl groups excluding tert-OH is 2. The molecule has 430 valence electrons. The third kappa shape index (κ3) is 41.0. The van der Waals surface area contributed by atoms with Crippen molar-refractivity contribution in [1.29, 1.82) is 0 Å². The maximum absolute atomic E-state index is 13.2. The third-order valence-corrected chi connectivity index (χ3v) is 13.3. The number of carboxylic acids is 1. The summed E-state index contributed by atoms with van der Waals surface area (Å²) >= 11 is 0. The van der Waals surface area contributed by atoms with E-state index in [2.05, 4.69) is 87.6 Å². The van der Waals surface area contributed by atoms with E-state index in [1.165, 1.54) is 96.3 Å². The molecule has 6 unspecified atom stereocenters. The third-order valence-electron chi connectivity index (χ3n) is 13.3. The highest BCUT2D eigenvalue weighted by atomic mass is 16.7. The van der Waals surface area contributed by atoms with Crippen LogP contribution in [0.25, 0.3) is 0 Å². The van der Waals surface area contributed by atoms with E-state index in [1.807, 2.05) is 6.08 Å². The van der Waals surface area contributed by atoms with Gasteiger partial charge in [-0.3, -0.25) is 14.4 Å². The van der Waals surface area contributed by atoms with Crippen molar-refractivity contribution in [2.45, 2.75) is 289 Å². The second-order valence-corrected chi connectivity index (χ2v) is 20.3. The van der Waals surface area contributed by atoms with E-state index in [0.717, 1.165) is 89.9 Å². The van der Waals surface area contributed by atoms with Crippen LogP contribution < -0.4 is 0 Å². The van der Waals surface area contributed by atoms with Crippen LogP contribution in [-0.2, 0) is 42.9 Å². The van der Waals surface area contributed by atoms with Crippen molar-refractivity contribution < 1.29 is 58.2 Å². The van der Waals surface area contributed by atoms with Crippen molar-refractivity contribution in [2.75, 3.05) is 13.2 Å². The van der Waals surface area contributed by atoms with Gasteiger partial charge in [-0.05, 0) is 83.5 Å². The summed E-state index contributed by atoms with van der Waals surface area (Å²) < 4.78 is 28.4. The number of allylic oxidation sites excluding steroid dienone is 12. The number of carboxylic acid groups (broad SMARTS) is 1. The number of rotatable bonds is 50. The molecule has 0 aromatic heterocycles. The number of carbonyl (C=O) groups is 4. The van der Waals surface area contributed by atoms with Crippen LogP contribution in [0.3, 0.4) is 0 Å². The van der Waals surface area contributed by atoms with Gasteiger partial charge in [-0.1, -0.05) is 222 Å². The summed E-state index contributed by atoms with van der Waals surface area (Å²) in [5, 5.41) is 31.4. The molecule has 1 saturated heterocycles. The van der Waals surface area contributed by atoms with Gasteiger partial charge in [0.2, 0.25) is 0 Å². The van der Waals surface area contributed by atoms with Gasteiger partial charge in [-0.25, -0.2) is 4.79 Å². The van der Waals surface area contributed by atoms with Gasteiger partial charge in [0, 0.05) is 19.3 Å². The minimum atomic E-state index is -1.91. The lowest BCUT2D eigenvalue weighted by Gasteiger charge is -2.40. The van der Waals surface area contributed by atoms with E-state index in [4.69, 9.17) is 23.7 Å². The summed E-state index contributed by atoms with van der Waals surface area (Å²) in [7, 11) is 0. The Morgan fingerprint density at radius 3 is 1.33 bits per heavy atom. The number of carbonyl (C=O) groups excluding carboxylic acids is 3. The molecule has 1 rings (SSSR count). The first-order valence-corrected chi connectivity index (χ1v) is 29.9. The second kappa shape index (κ2) is 50.9. The van der Waals surface area contributed by atoms with Crippen molar-refractivity contribution in [2.24, 2.45) is 0 Å². The fraction of sp³-hybridized carbons (Fsp3) is 0.746. The highest BCUT2D eigenvalue weighted by Crippen LogP contribution is 2.26. The lowest BCUT2D eigenvalue weighted by atomic mass is 9.98. The zero-order valence-corrected chi connectivity index (χ0v) is 47.3. The summed E-state index contributed by atoms with van der Waals surface area (Å²) in [6.45, 7) is 5.81. The average molecular weight is 1060 g/mol. The molecule has 0 aromatic carbocycles. The molecule has 12 nitrogen and oxygen atoms in total. The van der Waals surface area contributed by atoms with E-state index in [0.29, 0.717) is 25.7 Å². The molecule has 0 saturated carbocycles. The van der Waals surface area contributed by atoms with Gasteiger partial charge in [0.15, 0.2) is 24.6 Å². The molecule has 75 heavy (non-hydrogen) atoms. The molecule has 1 aliphatic heterocycles. The van der Waals surface area contributed by atoms with E-state index in [1.54, 1.807) is 0 Å². The summed E-state index contributed by atoms with van der Waals surface area (Å²) in [6.07, 6.45) is 51.7.